The normalized spacial score (nSPS) is 11.4. The molecule has 6 heteroatoms. The number of hydrogen-bond acceptors (Lipinski definition) is 3. The number of aromatic nitrogens is 3. The zero-order chi connectivity index (χ0) is 14.2. The van der Waals surface area contributed by atoms with Gasteiger partial charge in [-0.2, -0.15) is 5.26 Å². The van der Waals surface area contributed by atoms with Gasteiger partial charge in [0.05, 0.1) is 16.4 Å². The summed E-state index contributed by atoms with van der Waals surface area (Å²) in [6.07, 6.45) is 0. The Morgan fingerprint density at radius 3 is 2.58 bits per heavy atom. The topological polar surface area (TPSA) is 54.5 Å². The van der Waals surface area contributed by atoms with Crippen molar-refractivity contribution in [2.45, 2.75) is 26.2 Å². The maximum absolute atomic E-state index is 13.2. The molecular weight excluding hydrogens is 267 g/mol. The summed E-state index contributed by atoms with van der Waals surface area (Å²) in [5.41, 5.74) is 1.17. The van der Waals surface area contributed by atoms with Crippen LogP contribution < -0.4 is 0 Å². The predicted molar refractivity (Wildman–Crippen MR) is 69.7 cm³/mol. The second kappa shape index (κ2) is 4.63. The van der Waals surface area contributed by atoms with Crippen LogP contribution >= 0.6 is 11.6 Å². The number of hydrogen-bond donors (Lipinski definition) is 0. The van der Waals surface area contributed by atoms with Gasteiger partial charge in [-0.3, -0.25) is 0 Å². The van der Waals surface area contributed by atoms with Crippen molar-refractivity contribution in [3.8, 4) is 11.8 Å². The van der Waals surface area contributed by atoms with Gasteiger partial charge in [0, 0.05) is 5.41 Å². The number of nitriles is 1. The Bertz CT molecular complexity index is 664. The lowest BCUT2D eigenvalue weighted by atomic mass is 9.90. The van der Waals surface area contributed by atoms with Crippen molar-refractivity contribution in [1.29, 1.82) is 5.26 Å². The van der Waals surface area contributed by atoms with Crippen LogP contribution in [0.4, 0.5) is 4.39 Å². The molecule has 98 valence electrons. The molecule has 0 N–H and O–H groups in total. The van der Waals surface area contributed by atoms with Gasteiger partial charge in [-0.15, -0.1) is 5.10 Å². The van der Waals surface area contributed by atoms with E-state index < -0.39 is 5.82 Å². The molecule has 1 aromatic carbocycles. The molecule has 0 saturated heterocycles. The van der Waals surface area contributed by atoms with Crippen LogP contribution in [-0.4, -0.2) is 15.0 Å². The molecular formula is C13H12ClFN4. The van der Waals surface area contributed by atoms with Gasteiger partial charge in [-0.25, -0.2) is 9.07 Å². The fraction of sp³-hybridized carbons (Fsp3) is 0.308. The smallest absolute Gasteiger partial charge is 0.186 e. The van der Waals surface area contributed by atoms with Gasteiger partial charge in [0.1, 0.15) is 11.9 Å². The van der Waals surface area contributed by atoms with Gasteiger partial charge in [-0.05, 0) is 18.2 Å². The van der Waals surface area contributed by atoms with Gasteiger partial charge >= 0.3 is 0 Å². The summed E-state index contributed by atoms with van der Waals surface area (Å²) in [4.78, 5) is 0. The molecule has 0 bridgehead atoms. The van der Waals surface area contributed by atoms with E-state index in [1.807, 2.05) is 26.8 Å². The molecule has 2 aromatic rings. The van der Waals surface area contributed by atoms with E-state index >= 15 is 0 Å². The van der Waals surface area contributed by atoms with Crippen molar-refractivity contribution < 1.29 is 4.39 Å². The Balaban J connectivity index is 2.67. The Morgan fingerprint density at radius 1 is 1.37 bits per heavy atom. The summed E-state index contributed by atoms with van der Waals surface area (Å²) in [5, 5.41) is 16.9. The Morgan fingerprint density at radius 2 is 2.05 bits per heavy atom. The Hall–Kier alpha value is -1.93. The highest BCUT2D eigenvalue weighted by Crippen LogP contribution is 2.28. The molecule has 0 atom stereocenters. The Kier molecular flexibility index (Phi) is 3.29. The SMILES string of the molecule is CC(C)(C)c1c(C#N)nnn1-c1ccc(F)c(Cl)c1. The first-order valence-electron chi connectivity index (χ1n) is 5.66. The molecule has 0 radical (unpaired) electrons. The third-order valence-corrected chi connectivity index (χ3v) is 2.92. The lowest BCUT2D eigenvalue weighted by Crippen LogP contribution is -2.19. The van der Waals surface area contributed by atoms with Crippen LogP contribution in [0.2, 0.25) is 5.02 Å². The third kappa shape index (κ3) is 2.45. The average Bonchev–Trinajstić information content (AvgIpc) is 2.76. The molecule has 0 aliphatic rings. The molecule has 1 heterocycles. The summed E-state index contributed by atoms with van der Waals surface area (Å²) in [6.45, 7) is 5.86. The van der Waals surface area contributed by atoms with E-state index in [4.69, 9.17) is 16.9 Å². The minimum atomic E-state index is -0.497. The molecule has 0 fully saturated rings. The zero-order valence-corrected chi connectivity index (χ0v) is 11.5. The van der Waals surface area contributed by atoms with Crippen LogP contribution in [0, 0.1) is 17.1 Å². The summed E-state index contributed by atoms with van der Waals surface area (Å²) in [5.74, 6) is -0.497. The summed E-state index contributed by atoms with van der Waals surface area (Å²) in [7, 11) is 0. The lowest BCUT2D eigenvalue weighted by molar-refractivity contribution is 0.541. The average molecular weight is 279 g/mol. The first kappa shape index (κ1) is 13.5. The van der Waals surface area contributed by atoms with E-state index in [1.165, 1.54) is 16.8 Å². The molecule has 0 unspecified atom stereocenters. The second-order valence-corrected chi connectivity index (χ2v) is 5.57. The van der Waals surface area contributed by atoms with Crippen molar-refractivity contribution >= 4 is 11.6 Å². The maximum atomic E-state index is 13.2. The molecule has 0 aliphatic heterocycles. The van der Waals surface area contributed by atoms with Crippen LogP contribution in [0.1, 0.15) is 32.2 Å². The molecule has 1 aromatic heterocycles. The highest BCUT2D eigenvalue weighted by molar-refractivity contribution is 6.30. The van der Waals surface area contributed by atoms with E-state index in [-0.39, 0.29) is 16.1 Å². The van der Waals surface area contributed by atoms with Crippen molar-refractivity contribution in [2.24, 2.45) is 0 Å². The van der Waals surface area contributed by atoms with Crippen LogP contribution in [0.3, 0.4) is 0 Å². The monoisotopic (exact) mass is 278 g/mol. The summed E-state index contributed by atoms with van der Waals surface area (Å²) >= 11 is 5.77. The van der Waals surface area contributed by atoms with Gasteiger partial charge in [0.2, 0.25) is 0 Å². The van der Waals surface area contributed by atoms with Crippen molar-refractivity contribution in [1.82, 2.24) is 15.0 Å². The molecule has 0 spiro atoms. The minimum absolute atomic E-state index is 0.00590. The third-order valence-electron chi connectivity index (χ3n) is 2.63. The van der Waals surface area contributed by atoms with E-state index in [1.54, 1.807) is 6.07 Å². The van der Waals surface area contributed by atoms with Crippen LogP contribution in [0.15, 0.2) is 18.2 Å². The molecule has 0 saturated carbocycles. The predicted octanol–water partition coefficient (Wildman–Crippen LogP) is 3.23. The number of nitrogens with zero attached hydrogens (tertiary/aromatic N) is 4. The van der Waals surface area contributed by atoms with E-state index in [9.17, 15) is 4.39 Å². The number of benzene rings is 1. The van der Waals surface area contributed by atoms with Crippen LogP contribution in [0.5, 0.6) is 0 Å². The van der Waals surface area contributed by atoms with Gasteiger partial charge in [-0.1, -0.05) is 37.6 Å². The summed E-state index contributed by atoms with van der Waals surface area (Å²) in [6, 6.07) is 6.29. The van der Waals surface area contributed by atoms with Crippen molar-refractivity contribution in [3.05, 3.63) is 40.4 Å². The lowest BCUT2D eigenvalue weighted by Gasteiger charge is -2.19. The zero-order valence-electron chi connectivity index (χ0n) is 10.8. The maximum Gasteiger partial charge on any atom is 0.186 e. The summed E-state index contributed by atoms with van der Waals surface area (Å²) < 4.78 is 14.7. The fourth-order valence-corrected chi connectivity index (χ4v) is 2.00. The molecule has 2 rings (SSSR count). The fourth-order valence-electron chi connectivity index (χ4n) is 1.83. The standard InChI is InChI=1S/C13H12ClFN4/c1-13(2,3)12-11(7-16)17-18-19(12)8-4-5-10(15)9(14)6-8/h4-6H,1-3H3. The highest BCUT2D eigenvalue weighted by atomic mass is 35.5. The molecule has 0 amide bonds. The molecule has 4 nitrogen and oxygen atoms in total. The highest BCUT2D eigenvalue weighted by Gasteiger charge is 2.26. The van der Waals surface area contributed by atoms with Crippen molar-refractivity contribution in [3.63, 3.8) is 0 Å². The van der Waals surface area contributed by atoms with E-state index in [0.717, 1.165) is 0 Å². The second-order valence-electron chi connectivity index (χ2n) is 5.16. The van der Waals surface area contributed by atoms with E-state index in [2.05, 4.69) is 10.3 Å². The first-order chi connectivity index (χ1) is 8.84. The first-order valence-corrected chi connectivity index (χ1v) is 6.04. The van der Waals surface area contributed by atoms with Gasteiger partial charge < -0.3 is 0 Å². The van der Waals surface area contributed by atoms with Crippen LogP contribution in [-0.2, 0) is 5.41 Å². The number of halogens is 2. The van der Waals surface area contributed by atoms with E-state index in [0.29, 0.717) is 11.4 Å². The minimum Gasteiger partial charge on any atom is -0.216 e. The van der Waals surface area contributed by atoms with Gasteiger partial charge in [0.15, 0.2) is 5.69 Å². The number of rotatable bonds is 1. The van der Waals surface area contributed by atoms with Gasteiger partial charge in [0.25, 0.3) is 0 Å². The molecule has 19 heavy (non-hydrogen) atoms. The Labute approximate surface area is 115 Å². The largest absolute Gasteiger partial charge is 0.216 e. The quantitative estimate of drug-likeness (QED) is 0.805. The van der Waals surface area contributed by atoms with Crippen molar-refractivity contribution in [2.75, 3.05) is 0 Å². The van der Waals surface area contributed by atoms with Crippen LogP contribution in [0.25, 0.3) is 5.69 Å². The molecule has 0 aliphatic carbocycles.